The molecular formula is C22H24N2O3. The Kier molecular flexibility index (Phi) is 5.10. The summed E-state index contributed by atoms with van der Waals surface area (Å²) in [6.07, 6.45) is 6.61. The first kappa shape index (κ1) is 17.6. The van der Waals surface area contributed by atoms with Crippen molar-refractivity contribution < 1.29 is 14.3 Å². The lowest BCUT2D eigenvalue weighted by atomic mass is 9.84. The maximum absolute atomic E-state index is 12.3. The first-order chi connectivity index (χ1) is 13.2. The van der Waals surface area contributed by atoms with E-state index in [0.717, 1.165) is 11.3 Å². The van der Waals surface area contributed by atoms with Gasteiger partial charge in [-0.15, -0.1) is 0 Å². The molecule has 2 aromatic carbocycles. The highest BCUT2D eigenvalue weighted by Crippen LogP contribution is 2.33. The first-order valence-corrected chi connectivity index (χ1v) is 9.55. The standard InChI is InChI=1S/C22H24N2O3/c1-15(16-7-9-18(10-8-16)17-5-3-2-4-6-17)23-24-22(25)19-11-12-20-21(13-19)27-14-26-20/h7-13,17H,2-6,14H2,1H3,(H,24,25)/b23-15+. The third kappa shape index (κ3) is 3.97. The van der Waals surface area contributed by atoms with Crippen molar-refractivity contribution in [1.29, 1.82) is 0 Å². The van der Waals surface area contributed by atoms with Gasteiger partial charge in [-0.1, -0.05) is 43.5 Å². The fourth-order valence-corrected chi connectivity index (χ4v) is 3.73. The molecular weight excluding hydrogens is 340 g/mol. The average molecular weight is 364 g/mol. The molecule has 1 aliphatic carbocycles. The van der Waals surface area contributed by atoms with Crippen molar-refractivity contribution >= 4 is 11.6 Å². The number of ether oxygens (including phenoxy) is 2. The lowest BCUT2D eigenvalue weighted by molar-refractivity contribution is 0.0954. The minimum atomic E-state index is -0.272. The Hall–Kier alpha value is -2.82. The highest BCUT2D eigenvalue weighted by molar-refractivity contribution is 6.01. The smallest absolute Gasteiger partial charge is 0.271 e. The van der Waals surface area contributed by atoms with Crippen LogP contribution in [-0.4, -0.2) is 18.4 Å². The predicted molar refractivity (Wildman–Crippen MR) is 105 cm³/mol. The lowest BCUT2D eigenvalue weighted by Crippen LogP contribution is -2.19. The number of amides is 1. The van der Waals surface area contributed by atoms with Gasteiger partial charge in [0.2, 0.25) is 6.79 Å². The van der Waals surface area contributed by atoms with E-state index < -0.39 is 0 Å². The highest BCUT2D eigenvalue weighted by Gasteiger charge is 2.17. The largest absolute Gasteiger partial charge is 0.454 e. The Bertz CT molecular complexity index is 852. The maximum Gasteiger partial charge on any atom is 0.271 e. The molecule has 0 atom stereocenters. The van der Waals surface area contributed by atoms with Crippen molar-refractivity contribution in [2.24, 2.45) is 5.10 Å². The van der Waals surface area contributed by atoms with E-state index in [9.17, 15) is 4.79 Å². The number of benzene rings is 2. The number of carbonyl (C=O) groups is 1. The summed E-state index contributed by atoms with van der Waals surface area (Å²) in [5, 5.41) is 4.25. The number of hydrazone groups is 1. The lowest BCUT2D eigenvalue weighted by Gasteiger charge is -2.22. The molecule has 5 heteroatoms. The maximum atomic E-state index is 12.3. The van der Waals surface area contributed by atoms with Gasteiger partial charge in [-0.05, 0) is 55.0 Å². The zero-order valence-corrected chi connectivity index (χ0v) is 15.5. The van der Waals surface area contributed by atoms with E-state index in [0.29, 0.717) is 23.0 Å². The van der Waals surface area contributed by atoms with Crippen LogP contribution in [0.25, 0.3) is 0 Å². The number of hydrogen-bond donors (Lipinski definition) is 1. The third-order valence-corrected chi connectivity index (χ3v) is 5.36. The Labute approximate surface area is 159 Å². The van der Waals surface area contributed by atoms with Crippen molar-refractivity contribution in [3.63, 3.8) is 0 Å². The molecule has 1 fully saturated rings. The van der Waals surface area contributed by atoms with Crippen LogP contribution in [0.5, 0.6) is 11.5 Å². The quantitative estimate of drug-likeness (QED) is 0.636. The first-order valence-electron chi connectivity index (χ1n) is 9.55. The fourth-order valence-electron chi connectivity index (χ4n) is 3.73. The van der Waals surface area contributed by atoms with Gasteiger partial charge in [0.25, 0.3) is 5.91 Å². The number of nitrogens with one attached hydrogen (secondary N) is 1. The Morgan fingerprint density at radius 1 is 0.963 bits per heavy atom. The van der Waals surface area contributed by atoms with Crippen LogP contribution in [0.3, 0.4) is 0 Å². The molecule has 140 valence electrons. The molecule has 2 aliphatic rings. The zero-order chi connectivity index (χ0) is 18.6. The Morgan fingerprint density at radius 2 is 1.67 bits per heavy atom. The summed E-state index contributed by atoms with van der Waals surface area (Å²) in [6.45, 7) is 2.09. The summed E-state index contributed by atoms with van der Waals surface area (Å²) in [5.41, 5.74) is 6.31. The van der Waals surface area contributed by atoms with Crippen LogP contribution in [0.1, 0.15) is 66.4 Å². The molecule has 1 saturated carbocycles. The van der Waals surface area contributed by atoms with Gasteiger partial charge in [0.05, 0.1) is 5.71 Å². The van der Waals surface area contributed by atoms with Crippen molar-refractivity contribution in [1.82, 2.24) is 5.43 Å². The molecule has 1 N–H and O–H groups in total. The van der Waals surface area contributed by atoms with Crippen LogP contribution in [0.15, 0.2) is 47.6 Å². The number of hydrogen-bond acceptors (Lipinski definition) is 4. The third-order valence-electron chi connectivity index (χ3n) is 5.36. The van der Waals surface area contributed by atoms with Gasteiger partial charge in [0.15, 0.2) is 11.5 Å². The van der Waals surface area contributed by atoms with Crippen LogP contribution in [0.2, 0.25) is 0 Å². The van der Waals surface area contributed by atoms with Crippen LogP contribution < -0.4 is 14.9 Å². The van der Waals surface area contributed by atoms with Crippen molar-refractivity contribution in [2.75, 3.05) is 6.79 Å². The van der Waals surface area contributed by atoms with E-state index in [1.165, 1.54) is 37.7 Å². The van der Waals surface area contributed by atoms with Crippen molar-refractivity contribution in [3.8, 4) is 11.5 Å². The van der Waals surface area contributed by atoms with E-state index in [-0.39, 0.29) is 12.7 Å². The number of carbonyl (C=O) groups excluding carboxylic acids is 1. The van der Waals surface area contributed by atoms with E-state index in [2.05, 4.69) is 34.8 Å². The van der Waals surface area contributed by atoms with Crippen LogP contribution in [0, 0.1) is 0 Å². The fraction of sp³-hybridized carbons (Fsp3) is 0.364. The molecule has 1 aliphatic heterocycles. The molecule has 0 bridgehead atoms. The number of nitrogens with zero attached hydrogens (tertiary/aromatic N) is 1. The highest BCUT2D eigenvalue weighted by atomic mass is 16.7. The van der Waals surface area contributed by atoms with Crippen molar-refractivity contribution in [3.05, 3.63) is 59.2 Å². The Morgan fingerprint density at radius 3 is 2.44 bits per heavy atom. The summed E-state index contributed by atoms with van der Waals surface area (Å²) in [7, 11) is 0. The second kappa shape index (κ2) is 7.82. The van der Waals surface area contributed by atoms with Gasteiger partial charge in [-0.2, -0.15) is 5.10 Å². The minimum Gasteiger partial charge on any atom is -0.454 e. The normalized spacial score (nSPS) is 17.0. The predicted octanol–water partition coefficient (Wildman–Crippen LogP) is 4.62. The zero-order valence-electron chi connectivity index (χ0n) is 15.5. The molecule has 2 aromatic rings. The van der Waals surface area contributed by atoms with Gasteiger partial charge >= 0.3 is 0 Å². The van der Waals surface area contributed by atoms with Gasteiger partial charge in [0, 0.05) is 5.56 Å². The van der Waals surface area contributed by atoms with Crippen LogP contribution >= 0.6 is 0 Å². The Balaban J connectivity index is 1.40. The molecule has 5 nitrogen and oxygen atoms in total. The van der Waals surface area contributed by atoms with Gasteiger partial charge in [0.1, 0.15) is 0 Å². The summed E-state index contributed by atoms with van der Waals surface area (Å²) in [6, 6.07) is 13.7. The molecule has 27 heavy (non-hydrogen) atoms. The minimum absolute atomic E-state index is 0.189. The topological polar surface area (TPSA) is 59.9 Å². The summed E-state index contributed by atoms with van der Waals surface area (Å²) >= 11 is 0. The van der Waals surface area contributed by atoms with Crippen molar-refractivity contribution in [2.45, 2.75) is 44.9 Å². The molecule has 0 spiro atoms. The van der Waals surface area contributed by atoms with Gasteiger partial charge in [-0.3, -0.25) is 4.79 Å². The second-order valence-corrected chi connectivity index (χ2v) is 7.16. The molecule has 0 radical (unpaired) electrons. The molecule has 0 saturated heterocycles. The SMILES string of the molecule is C/C(=N\NC(=O)c1ccc2c(c1)OCO2)c1ccc(C2CCCCC2)cc1. The van der Waals surface area contributed by atoms with Gasteiger partial charge < -0.3 is 9.47 Å². The number of fused-ring (bicyclic) bond motifs is 1. The second-order valence-electron chi connectivity index (χ2n) is 7.16. The monoisotopic (exact) mass is 364 g/mol. The van der Waals surface area contributed by atoms with E-state index in [4.69, 9.17) is 9.47 Å². The molecule has 0 unspecified atom stereocenters. The summed E-state index contributed by atoms with van der Waals surface area (Å²) in [4.78, 5) is 12.3. The average Bonchev–Trinajstić information content (AvgIpc) is 3.20. The summed E-state index contributed by atoms with van der Waals surface area (Å²) in [5.74, 6) is 1.66. The molecule has 1 heterocycles. The van der Waals surface area contributed by atoms with E-state index >= 15 is 0 Å². The molecule has 4 rings (SSSR count). The number of rotatable bonds is 4. The van der Waals surface area contributed by atoms with Crippen LogP contribution in [-0.2, 0) is 0 Å². The molecule has 1 amide bonds. The van der Waals surface area contributed by atoms with Crippen LogP contribution in [0.4, 0.5) is 0 Å². The van der Waals surface area contributed by atoms with Gasteiger partial charge in [-0.25, -0.2) is 5.43 Å². The van der Waals surface area contributed by atoms with E-state index in [1.807, 2.05) is 6.92 Å². The van der Waals surface area contributed by atoms with E-state index in [1.54, 1.807) is 18.2 Å². The summed E-state index contributed by atoms with van der Waals surface area (Å²) < 4.78 is 10.6. The molecule has 0 aromatic heterocycles.